The SMILES string of the molecule is CCC1CCCCC1.CSCCC(NC(=O)c1ccc(CN2CCCC2C)cc1-c1ccccc1C)C(=O)O. The van der Waals surface area contributed by atoms with Crippen molar-refractivity contribution in [2.75, 3.05) is 18.6 Å². The molecule has 2 N–H and O–H groups in total. The van der Waals surface area contributed by atoms with Crippen molar-refractivity contribution in [3.05, 3.63) is 59.2 Å². The van der Waals surface area contributed by atoms with E-state index in [4.69, 9.17) is 0 Å². The van der Waals surface area contributed by atoms with Gasteiger partial charge >= 0.3 is 5.97 Å². The third-order valence-electron chi connectivity index (χ3n) is 8.36. The Balaban J connectivity index is 0.000000449. The van der Waals surface area contributed by atoms with E-state index in [2.05, 4.69) is 30.1 Å². The van der Waals surface area contributed by atoms with Crippen LogP contribution in [0.5, 0.6) is 0 Å². The molecule has 1 amide bonds. The second kappa shape index (κ2) is 16.1. The van der Waals surface area contributed by atoms with Crippen LogP contribution in [-0.2, 0) is 11.3 Å². The molecule has 0 spiro atoms. The van der Waals surface area contributed by atoms with Gasteiger partial charge in [0.25, 0.3) is 5.91 Å². The zero-order valence-electron chi connectivity index (χ0n) is 24.4. The van der Waals surface area contributed by atoms with Gasteiger partial charge in [-0.05, 0) is 92.0 Å². The summed E-state index contributed by atoms with van der Waals surface area (Å²) in [6, 6.07) is 13.6. The molecule has 4 rings (SSSR count). The molecular weight excluding hydrogens is 504 g/mol. The van der Waals surface area contributed by atoms with Gasteiger partial charge in [0.05, 0.1) is 0 Å². The van der Waals surface area contributed by atoms with Crippen molar-refractivity contribution in [2.24, 2.45) is 5.92 Å². The highest BCUT2D eigenvalue weighted by molar-refractivity contribution is 7.98. The molecule has 1 aliphatic carbocycles. The van der Waals surface area contributed by atoms with Gasteiger partial charge in [-0.3, -0.25) is 9.69 Å². The molecule has 0 bridgehead atoms. The number of aliphatic carboxylic acids is 1. The predicted molar refractivity (Wildman–Crippen MR) is 164 cm³/mol. The molecule has 1 saturated carbocycles. The first-order valence-corrected chi connectivity index (χ1v) is 16.2. The maximum atomic E-state index is 13.1. The van der Waals surface area contributed by atoms with Gasteiger partial charge in [-0.1, -0.05) is 75.8 Å². The van der Waals surface area contributed by atoms with Crippen molar-refractivity contribution in [3.63, 3.8) is 0 Å². The number of hydrogen-bond donors (Lipinski definition) is 2. The topological polar surface area (TPSA) is 69.6 Å². The number of carbonyl (C=O) groups excluding carboxylic acids is 1. The highest BCUT2D eigenvalue weighted by Gasteiger charge is 2.24. The second-order valence-electron chi connectivity index (χ2n) is 11.2. The van der Waals surface area contributed by atoms with Crippen LogP contribution in [0.4, 0.5) is 0 Å². The van der Waals surface area contributed by atoms with E-state index in [1.807, 2.05) is 49.6 Å². The fourth-order valence-corrected chi connectivity index (χ4v) is 6.24. The van der Waals surface area contributed by atoms with E-state index >= 15 is 0 Å². The van der Waals surface area contributed by atoms with E-state index in [-0.39, 0.29) is 5.91 Å². The monoisotopic (exact) mass is 552 g/mol. The first-order valence-electron chi connectivity index (χ1n) is 14.8. The Hall–Kier alpha value is -2.31. The summed E-state index contributed by atoms with van der Waals surface area (Å²) in [5.41, 5.74) is 4.62. The van der Waals surface area contributed by atoms with Crippen LogP contribution < -0.4 is 5.32 Å². The highest BCUT2D eigenvalue weighted by Crippen LogP contribution is 2.30. The first-order chi connectivity index (χ1) is 18.8. The van der Waals surface area contributed by atoms with Gasteiger partial charge < -0.3 is 10.4 Å². The van der Waals surface area contributed by atoms with Crippen molar-refractivity contribution in [1.82, 2.24) is 10.2 Å². The largest absolute Gasteiger partial charge is 0.480 e. The van der Waals surface area contributed by atoms with Crippen LogP contribution in [0.3, 0.4) is 0 Å². The zero-order chi connectivity index (χ0) is 28.2. The Morgan fingerprint density at radius 1 is 1.05 bits per heavy atom. The van der Waals surface area contributed by atoms with Crippen LogP contribution in [0.15, 0.2) is 42.5 Å². The zero-order valence-corrected chi connectivity index (χ0v) is 25.2. The number of aryl methyl sites for hydroxylation is 1. The lowest BCUT2D eigenvalue weighted by Gasteiger charge is -2.22. The molecule has 1 heterocycles. The van der Waals surface area contributed by atoms with E-state index in [1.54, 1.807) is 11.8 Å². The molecule has 2 aromatic carbocycles. The Morgan fingerprint density at radius 3 is 2.38 bits per heavy atom. The number of nitrogens with one attached hydrogen (secondary N) is 1. The van der Waals surface area contributed by atoms with E-state index in [9.17, 15) is 14.7 Å². The third kappa shape index (κ3) is 9.39. The van der Waals surface area contributed by atoms with Gasteiger partial charge in [-0.25, -0.2) is 4.79 Å². The van der Waals surface area contributed by atoms with Gasteiger partial charge in [0.1, 0.15) is 6.04 Å². The summed E-state index contributed by atoms with van der Waals surface area (Å²) in [4.78, 5) is 27.2. The van der Waals surface area contributed by atoms with Crippen molar-refractivity contribution < 1.29 is 14.7 Å². The minimum absolute atomic E-state index is 0.340. The normalized spacial score (nSPS) is 18.7. The number of thioether (sulfide) groups is 1. The lowest BCUT2D eigenvalue weighted by atomic mass is 9.88. The molecule has 2 atom stereocenters. The molecule has 2 aromatic rings. The van der Waals surface area contributed by atoms with Gasteiger partial charge in [0, 0.05) is 18.2 Å². The summed E-state index contributed by atoms with van der Waals surface area (Å²) in [6.45, 7) is 8.56. The Kier molecular flexibility index (Phi) is 12.9. The third-order valence-corrected chi connectivity index (χ3v) is 9.00. The van der Waals surface area contributed by atoms with Gasteiger partial charge in [0.15, 0.2) is 0 Å². The summed E-state index contributed by atoms with van der Waals surface area (Å²) in [5.74, 6) is 0.422. The van der Waals surface area contributed by atoms with E-state index < -0.39 is 12.0 Å². The smallest absolute Gasteiger partial charge is 0.326 e. The summed E-state index contributed by atoms with van der Waals surface area (Å²) in [5, 5.41) is 12.3. The molecule has 0 radical (unpaired) electrons. The second-order valence-corrected chi connectivity index (χ2v) is 12.2. The Morgan fingerprint density at radius 2 is 1.79 bits per heavy atom. The standard InChI is InChI=1S/C25H32N2O3S.C8H16/c1-17-7-4-5-9-20(17)22-15-19(16-27-13-6-8-18(27)2)10-11-21(22)24(28)26-23(25(29)30)12-14-31-3;1-2-8-6-4-3-5-7-8/h4-5,7,9-11,15,18,23H,6,8,12-14,16H2,1-3H3,(H,26,28)(H,29,30);8H,2-7H2,1H3. The van der Waals surface area contributed by atoms with E-state index in [0.717, 1.165) is 35.7 Å². The highest BCUT2D eigenvalue weighted by atomic mass is 32.2. The predicted octanol–water partition coefficient (Wildman–Crippen LogP) is 7.56. The number of amides is 1. The molecule has 2 fully saturated rings. The Bertz CT molecular complexity index is 1070. The number of carbonyl (C=O) groups is 2. The maximum Gasteiger partial charge on any atom is 0.326 e. The number of carboxylic acid groups (broad SMARTS) is 1. The van der Waals surface area contributed by atoms with Crippen LogP contribution in [0.2, 0.25) is 0 Å². The minimum Gasteiger partial charge on any atom is -0.480 e. The van der Waals surface area contributed by atoms with Gasteiger partial charge in [0.2, 0.25) is 0 Å². The average Bonchev–Trinajstić information content (AvgIpc) is 3.35. The molecule has 214 valence electrons. The molecule has 2 aliphatic rings. The molecule has 5 nitrogen and oxygen atoms in total. The number of rotatable bonds is 10. The van der Waals surface area contributed by atoms with Crippen LogP contribution >= 0.6 is 11.8 Å². The van der Waals surface area contributed by atoms with Gasteiger partial charge in [-0.2, -0.15) is 11.8 Å². The lowest BCUT2D eigenvalue weighted by molar-refractivity contribution is -0.139. The minimum atomic E-state index is -1.00. The number of nitrogens with zero attached hydrogens (tertiary/aromatic N) is 1. The average molecular weight is 553 g/mol. The summed E-state index contributed by atoms with van der Waals surface area (Å²) in [7, 11) is 0. The summed E-state index contributed by atoms with van der Waals surface area (Å²) >= 11 is 1.57. The molecule has 1 aliphatic heterocycles. The molecular formula is C33H48N2O3S. The van der Waals surface area contributed by atoms with E-state index in [0.29, 0.717) is 23.8 Å². The Labute approximate surface area is 240 Å². The molecule has 2 unspecified atom stereocenters. The fraction of sp³-hybridized carbons (Fsp3) is 0.576. The fourth-order valence-electron chi connectivity index (χ4n) is 5.77. The van der Waals surface area contributed by atoms with Crippen molar-refractivity contribution in [1.29, 1.82) is 0 Å². The van der Waals surface area contributed by atoms with Gasteiger partial charge in [-0.15, -0.1) is 0 Å². The molecule has 39 heavy (non-hydrogen) atoms. The van der Waals surface area contributed by atoms with Crippen molar-refractivity contribution >= 4 is 23.6 Å². The quantitative estimate of drug-likeness (QED) is 0.318. The number of likely N-dealkylation sites (tertiary alicyclic amines) is 1. The number of carboxylic acids is 1. The van der Waals surface area contributed by atoms with Crippen molar-refractivity contribution in [3.8, 4) is 11.1 Å². The number of benzene rings is 2. The first kappa shape index (κ1) is 31.2. The maximum absolute atomic E-state index is 13.1. The van der Waals surface area contributed by atoms with Crippen LogP contribution in [-0.4, -0.2) is 52.5 Å². The summed E-state index contributed by atoms with van der Waals surface area (Å²) in [6.07, 6.45) is 13.7. The van der Waals surface area contributed by atoms with Crippen LogP contribution in [0, 0.1) is 12.8 Å². The van der Waals surface area contributed by atoms with Crippen molar-refractivity contribution in [2.45, 2.75) is 97.2 Å². The lowest BCUT2D eigenvalue weighted by Crippen LogP contribution is -2.41. The number of hydrogen-bond acceptors (Lipinski definition) is 4. The molecule has 1 saturated heterocycles. The summed E-state index contributed by atoms with van der Waals surface area (Å²) < 4.78 is 0. The molecule has 0 aromatic heterocycles. The van der Waals surface area contributed by atoms with Crippen LogP contribution in [0.25, 0.3) is 11.1 Å². The molecule has 6 heteroatoms. The van der Waals surface area contributed by atoms with E-state index in [1.165, 1.54) is 56.9 Å². The van der Waals surface area contributed by atoms with Crippen LogP contribution in [0.1, 0.15) is 93.1 Å².